The first-order valence-corrected chi connectivity index (χ1v) is 9.50. The summed E-state index contributed by atoms with van der Waals surface area (Å²) < 4.78 is 8.10. The molecule has 1 aliphatic heterocycles. The molecule has 1 aliphatic rings. The zero-order chi connectivity index (χ0) is 17.9. The number of nitrogens with one attached hydrogen (secondary N) is 1. The summed E-state index contributed by atoms with van der Waals surface area (Å²) in [5, 5.41) is 8.29. The van der Waals surface area contributed by atoms with Crippen LogP contribution in [-0.4, -0.2) is 28.5 Å². The number of hydrogen-bond acceptors (Lipinski definition) is 3. The summed E-state index contributed by atoms with van der Waals surface area (Å²) >= 11 is 0. The third kappa shape index (κ3) is 4.85. The van der Waals surface area contributed by atoms with Crippen LogP contribution in [0.15, 0.2) is 30.3 Å². The highest BCUT2D eigenvalue weighted by molar-refractivity contribution is 5.31. The van der Waals surface area contributed by atoms with Crippen LogP contribution in [0.2, 0.25) is 0 Å². The van der Waals surface area contributed by atoms with Crippen molar-refractivity contribution in [2.45, 2.75) is 65.0 Å². The van der Waals surface area contributed by atoms with E-state index in [-0.39, 0.29) is 5.60 Å². The zero-order valence-electron chi connectivity index (χ0n) is 16.0. The lowest BCUT2D eigenvalue weighted by Gasteiger charge is -2.23. The molecule has 0 aliphatic carbocycles. The van der Waals surface area contributed by atoms with E-state index in [1.807, 2.05) is 0 Å². The van der Waals surface area contributed by atoms with Gasteiger partial charge in [0.1, 0.15) is 11.4 Å². The normalized spacial score (nSPS) is 16.2. The van der Waals surface area contributed by atoms with E-state index < -0.39 is 0 Å². The molecule has 1 fully saturated rings. The van der Waals surface area contributed by atoms with Crippen LogP contribution in [0, 0.1) is 0 Å². The molecule has 1 aromatic carbocycles. The quantitative estimate of drug-likeness (QED) is 0.888. The highest BCUT2D eigenvalue weighted by atomic mass is 16.5. The van der Waals surface area contributed by atoms with Gasteiger partial charge in [-0.1, -0.05) is 12.1 Å². The molecule has 0 atom stereocenters. The molecule has 1 saturated heterocycles. The van der Waals surface area contributed by atoms with E-state index in [1.54, 1.807) is 0 Å². The number of rotatable bonds is 5. The number of benzene rings is 1. The van der Waals surface area contributed by atoms with Gasteiger partial charge in [0.15, 0.2) is 0 Å². The molecular formula is C21H31N3O. The summed E-state index contributed by atoms with van der Waals surface area (Å²) in [7, 11) is 0. The average Bonchev–Trinajstić information content (AvgIpc) is 2.99. The van der Waals surface area contributed by atoms with Crippen LogP contribution in [-0.2, 0) is 13.0 Å². The van der Waals surface area contributed by atoms with Gasteiger partial charge < -0.3 is 10.1 Å². The first kappa shape index (κ1) is 18.0. The second-order valence-corrected chi connectivity index (χ2v) is 7.94. The highest BCUT2D eigenvalue weighted by Gasteiger charge is 2.20. The zero-order valence-corrected chi connectivity index (χ0v) is 16.0. The molecule has 0 unspecified atom stereocenters. The Labute approximate surface area is 151 Å². The van der Waals surface area contributed by atoms with Gasteiger partial charge in [-0.15, -0.1) is 0 Å². The van der Waals surface area contributed by atoms with Gasteiger partial charge in [-0.25, -0.2) is 0 Å². The topological polar surface area (TPSA) is 39.1 Å². The van der Waals surface area contributed by atoms with Gasteiger partial charge in [0, 0.05) is 24.6 Å². The van der Waals surface area contributed by atoms with Crippen molar-refractivity contribution in [3.63, 3.8) is 0 Å². The van der Waals surface area contributed by atoms with E-state index in [0.717, 1.165) is 31.8 Å². The van der Waals surface area contributed by atoms with Crippen molar-refractivity contribution in [3.8, 4) is 5.75 Å². The molecule has 1 aromatic heterocycles. The van der Waals surface area contributed by atoms with E-state index in [1.165, 1.54) is 29.8 Å². The molecule has 1 N–H and O–H groups in total. The predicted octanol–water partition coefficient (Wildman–Crippen LogP) is 4.14. The second-order valence-electron chi connectivity index (χ2n) is 7.94. The lowest BCUT2D eigenvalue weighted by Crippen LogP contribution is -2.27. The van der Waals surface area contributed by atoms with Crippen molar-refractivity contribution < 1.29 is 4.74 Å². The maximum absolute atomic E-state index is 5.90. The van der Waals surface area contributed by atoms with Gasteiger partial charge in [-0.05, 0) is 77.4 Å². The summed E-state index contributed by atoms with van der Waals surface area (Å²) in [4.78, 5) is 0. The smallest absolute Gasteiger partial charge is 0.120 e. The lowest BCUT2D eigenvalue weighted by atomic mass is 9.94. The number of aryl methyl sites for hydroxylation is 1. The Kier molecular flexibility index (Phi) is 5.48. The van der Waals surface area contributed by atoms with Gasteiger partial charge in [0.25, 0.3) is 0 Å². The van der Waals surface area contributed by atoms with Crippen molar-refractivity contribution in [2.24, 2.45) is 0 Å². The molecule has 2 heterocycles. The molecule has 4 nitrogen and oxygen atoms in total. The van der Waals surface area contributed by atoms with Crippen molar-refractivity contribution >= 4 is 0 Å². The Morgan fingerprint density at radius 2 is 1.84 bits per heavy atom. The van der Waals surface area contributed by atoms with Crippen LogP contribution in [0.25, 0.3) is 0 Å². The molecule has 3 rings (SSSR count). The van der Waals surface area contributed by atoms with E-state index in [0.29, 0.717) is 5.92 Å². The fourth-order valence-electron chi connectivity index (χ4n) is 3.51. The molecule has 0 radical (unpaired) electrons. The first-order chi connectivity index (χ1) is 11.9. The van der Waals surface area contributed by atoms with Crippen molar-refractivity contribution in [3.05, 3.63) is 47.3 Å². The van der Waals surface area contributed by atoms with Gasteiger partial charge in [0.05, 0.1) is 5.69 Å². The monoisotopic (exact) mass is 341 g/mol. The van der Waals surface area contributed by atoms with E-state index in [4.69, 9.17) is 9.84 Å². The Balaban J connectivity index is 1.71. The van der Waals surface area contributed by atoms with Gasteiger partial charge in [0.2, 0.25) is 0 Å². The molecule has 25 heavy (non-hydrogen) atoms. The molecule has 0 amide bonds. The standard InChI is InChI=1S/C21H31N3O/c1-5-24-20(17-10-12-22-13-11-17)15-18(23-24)14-16-6-8-19(9-7-16)25-21(2,3)4/h6-9,15,17,22H,5,10-14H2,1-4H3. The first-order valence-electron chi connectivity index (χ1n) is 9.50. The molecule has 4 heteroatoms. The van der Waals surface area contributed by atoms with Crippen LogP contribution in [0.5, 0.6) is 5.75 Å². The summed E-state index contributed by atoms with van der Waals surface area (Å²) in [6.07, 6.45) is 3.30. The maximum atomic E-state index is 5.90. The minimum Gasteiger partial charge on any atom is -0.488 e. The largest absolute Gasteiger partial charge is 0.488 e. The minimum absolute atomic E-state index is 0.162. The summed E-state index contributed by atoms with van der Waals surface area (Å²) in [5.41, 5.74) is 3.69. The number of nitrogens with zero attached hydrogens (tertiary/aromatic N) is 2. The SMILES string of the molecule is CCn1nc(Cc2ccc(OC(C)(C)C)cc2)cc1C1CCNCC1. The van der Waals surface area contributed by atoms with Crippen molar-refractivity contribution in [2.75, 3.05) is 13.1 Å². The third-order valence-electron chi connectivity index (χ3n) is 4.65. The van der Waals surface area contributed by atoms with E-state index >= 15 is 0 Å². The fraction of sp³-hybridized carbons (Fsp3) is 0.571. The number of aromatic nitrogens is 2. The Morgan fingerprint density at radius 1 is 1.16 bits per heavy atom. The van der Waals surface area contributed by atoms with Crippen molar-refractivity contribution in [1.29, 1.82) is 0 Å². The highest BCUT2D eigenvalue weighted by Crippen LogP contribution is 2.27. The van der Waals surface area contributed by atoms with E-state index in [2.05, 4.69) is 68.0 Å². The number of piperidine rings is 1. The molecule has 0 spiro atoms. The van der Waals surface area contributed by atoms with E-state index in [9.17, 15) is 0 Å². The minimum atomic E-state index is -0.162. The predicted molar refractivity (Wildman–Crippen MR) is 102 cm³/mol. The van der Waals surface area contributed by atoms with Gasteiger partial charge in [-0.3, -0.25) is 4.68 Å². The second kappa shape index (κ2) is 7.61. The fourth-order valence-corrected chi connectivity index (χ4v) is 3.51. The molecule has 136 valence electrons. The maximum Gasteiger partial charge on any atom is 0.120 e. The van der Waals surface area contributed by atoms with Crippen LogP contribution in [0.4, 0.5) is 0 Å². The average molecular weight is 341 g/mol. The van der Waals surface area contributed by atoms with Gasteiger partial charge >= 0.3 is 0 Å². The molecule has 2 aromatic rings. The summed E-state index contributed by atoms with van der Waals surface area (Å²) in [5.74, 6) is 1.57. The van der Waals surface area contributed by atoms with Crippen LogP contribution in [0.3, 0.4) is 0 Å². The lowest BCUT2D eigenvalue weighted by molar-refractivity contribution is 0.131. The van der Waals surface area contributed by atoms with Crippen LogP contribution in [0.1, 0.15) is 63.4 Å². The molecular weight excluding hydrogens is 310 g/mol. The Hall–Kier alpha value is -1.81. The number of ether oxygens (including phenoxy) is 1. The summed E-state index contributed by atoms with van der Waals surface area (Å²) in [6.45, 7) is 11.6. The Morgan fingerprint density at radius 3 is 2.44 bits per heavy atom. The van der Waals surface area contributed by atoms with Crippen LogP contribution < -0.4 is 10.1 Å². The molecule has 0 saturated carbocycles. The van der Waals surface area contributed by atoms with Crippen molar-refractivity contribution in [1.82, 2.24) is 15.1 Å². The third-order valence-corrected chi connectivity index (χ3v) is 4.65. The van der Waals surface area contributed by atoms with Crippen LogP contribution >= 0.6 is 0 Å². The summed E-state index contributed by atoms with van der Waals surface area (Å²) in [6, 6.07) is 10.7. The number of hydrogen-bond donors (Lipinski definition) is 1. The molecule has 0 bridgehead atoms. The Bertz CT molecular complexity index is 676. The van der Waals surface area contributed by atoms with Gasteiger partial charge in [-0.2, -0.15) is 5.10 Å².